The first-order valence-corrected chi connectivity index (χ1v) is 11.5. The number of likely N-dealkylation sites (tertiary alicyclic amines) is 1. The highest BCUT2D eigenvalue weighted by Crippen LogP contribution is 2.27. The molecule has 0 spiro atoms. The summed E-state index contributed by atoms with van der Waals surface area (Å²) >= 11 is 0. The van der Waals surface area contributed by atoms with E-state index in [4.69, 9.17) is 4.98 Å². The van der Waals surface area contributed by atoms with Gasteiger partial charge in [-0.15, -0.1) is 0 Å². The Morgan fingerprint density at radius 3 is 2.91 bits per heavy atom. The van der Waals surface area contributed by atoms with Crippen molar-refractivity contribution < 1.29 is 9.18 Å². The molecule has 0 radical (unpaired) electrons. The van der Waals surface area contributed by atoms with Crippen molar-refractivity contribution in [3.63, 3.8) is 0 Å². The Hall–Kier alpha value is -3.02. The lowest BCUT2D eigenvalue weighted by Crippen LogP contribution is -2.39. The number of hydrogen-bond acceptors (Lipinski definition) is 3. The van der Waals surface area contributed by atoms with Crippen LogP contribution in [0.3, 0.4) is 0 Å². The van der Waals surface area contributed by atoms with Gasteiger partial charge in [0.05, 0.1) is 0 Å². The largest absolute Gasteiger partial charge is 0.342 e. The summed E-state index contributed by atoms with van der Waals surface area (Å²) in [4.78, 5) is 24.0. The number of carbonyl (C=O) groups excluding carboxylic acids is 1. The molecule has 1 aliphatic rings. The number of aromatic nitrogens is 3. The van der Waals surface area contributed by atoms with E-state index < -0.39 is 0 Å². The molecule has 32 heavy (non-hydrogen) atoms. The van der Waals surface area contributed by atoms with Crippen LogP contribution < -0.4 is 0 Å². The molecule has 1 saturated heterocycles. The van der Waals surface area contributed by atoms with Crippen molar-refractivity contribution in [2.45, 2.75) is 58.4 Å². The third-order valence-electron chi connectivity index (χ3n) is 6.21. The Morgan fingerprint density at radius 1 is 1.22 bits per heavy atom. The molecule has 0 aliphatic carbocycles. The number of amides is 1. The number of nitrogens with zero attached hydrogens (tertiary/aromatic N) is 4. The van der Waals surface area contributed by atoms with Crippen LogP contribution in [0.2, 0.25) is 0 Å². The van der Waals surface area contributed by atoms with Crippen molar-refractivity contribution in [2.75, 3.05) is 13.1 Å². The third kappa shape index (κ3) is 5.42. The maximum atomic E-state index is 13.6. The van der Waals surface area contributed by atoms with E-state index in [1.165, 1.54) is 6.07 Å². The summed E-state index contributed by atoms with van der Waals surface area (Å²) in [5.74, 6) is 1.23. The monoisotopic (exact) mass is 434 g/mol. The Morgan fingerprint density at radius 2 is 2.09 bits per heavy atom. The minimum Gasteiger partial charge on any atom is -0.342 e. The summed E-state index contributed by atoms with van der Waals surface area (Å²) < 4.78 is 15.6. The second kappa shape index (κ2) is 10.1. The van der Waals surface area contributed by atoms with Crippen molar-refractivity contribution in [3.8, 4) is 0 Å². The second-order valence-electron chi connectivity index (χ2n) is 8.67. The van der Waals surface area contributed by atoms with E-state index in [0.29, 0.717) is 25.9 Å². The van der Waals surface area contributed by atoms with Gasteiger partial charge in [0.15, 0.2) is 0 Å². The van der Waals surface area contributed by atoms with Crippen molar-refractivity contribution in [3.05, 3.63) is 82.9 Å². The number of pyridine rings is 1. The lowest BCUT2D eigenvalue weighted by molar-refractivity contribution is -0.132. The zero-order chi connectivity index (χ0) is 22.5. The van der Waals surface area contributed by atoms with Gasteiger partial charge in [-0.25, -0.2) is 9.37 Å². The Labute approximate surface area is 189 Å². The molecule has 0 bridgehead atoms. The first kappa shape index (κ1) is 22.2. The van der Waals surface area contributed by atoms with E-state index >= 15 is 0 Å². The van der Waals surface area contributed by atoms with Crippen LogP contribution in [0.1, 0.15) is 60.4 Å². The molecule has 1 amide bonds. The van der Waals surface area contributed by atoms with Gasteiger partial charge in [0.25, 0.3) is 0 Å². The van der Waals surface area contributed by atoms with E-state index in [2.05, 4.69) is 28.6 Å². The van der Waals surface area contributed by atoms with Crippen molar-refractivity contribution in [2.24, 2.45) is 0 Å². The van der Waals surface area contributed by atoms with E-state index in [1.54, 1.807) is 18.3 Å². The fourth-order valence-corrected chi connectivity index (χ4v) is 4.64. The molecule has 3 heterocycles. The molecule has 1 aliphatic heterocycles. The van der Waals surface area contributed by atoms with Gasteiger partial charge in [0.2, 0.25) is 5.91 Å². The van der Waals surface area contributed by atoms with Crippen LogP contribution in [-0.4, -0.2) is 38.4 Å². The molecular weight excluding hydrogens is 403 g/mol. The molecule has 0 unspecified atom stereocenters. The number of halogens is 1. The first-order valence-electron chi connectivity index (χ1n) is 11.5. The van der Waals surface area contributed by atoms with Crippen LogP contribution >= 0.6 is 0 Å². The second-order valence-corrected chi connectivity index (χ2v) is 8.67. The van der Waals surface area contributed by atoms with Crippen LogP contribution in [0.25, 0.3) is 0 Å². The topological polar surface area (TPSA) is 51.0 Å². The summed E-state index contributed by atoms with van der Waals surface area (Å²) in [5.41, 5.74) is 4.09. The summed E-state index contributed by atoms with van der Waals surface area (Å²) in [5, 5.41) is 0. The molecule has 0 N–H and O–H groups in total. The maximum absolute atomic E-state index is 13.6. The number of aryl methyl sites for hydroxylation is 3. The smallest absolute Gasteiger partial charge is 0.224 e. The fourth-order valence-electron chi connectivity index (χ4n) is 4.64. The van der Waals surface area contributed by atoms with Gasteiger partial charge in [0.1, 0.15) is 11.6 Å². The van der Waals surface area contributed by atoms with Crippen molar-refractivity contribution in [1.29, 1.82) is 0 Å². The van der Waals surface area contributed by atoms with Crippen LogP contribution in [0.15, 0.2) is 48.8 Å². The summed E-state index contributed by atoms with van der Waals surface area (Å²) in [6, 6.07) is 10.9. The van der Waals surface area contributed by atoms with Crippen LogP contribution in [0.4, 0.5) is 4.39 Å². The number of rotatable bonds is 7. The van der Waals surface area contributed by atoms with Crippen LogP contribution in [0, 0.1) is 12.7 Å². The molecule has 168 valence electrons. The fraction of sp³-hybridized carbons (Fsp3) is 0.423. The number of benzene rings is 1. The lowest BCUT2D eigenvalue weighted by atomic mass is 9.92. The number of piperidine rings is 1. The van der Waals surface area contributed by atoms with Crippen molar-refractivity contribution >= 4 is 5.91 Å². The predicted molar refractivity (Wildman–Crippen MR) is 123 cm³/mol. The summed E-state index contributed by atoms with van der Waals surface area (Å²) in [7, 11) is 0. The van der Waals surface area contributed by atoms with E-state index in [9.17, 15) is 9.18 Å². The average molecular weight is 435 g/mol. The predicted octanol–water partition coefficient (Wildman–Crippen LogP) is 4.68. The van der Waals surface area contributed by atoms with E-state index in [-0.39, 0.29) is 17.6 Å². The normalized spacial score (nSPS) is 16.3. The van der Waals surface area contributed by atoms with E-state index in [0.717, 1.165) is 54.1 Å². The number of hydrogen-bond donors (Lipinski definition) is 0. The molecule has 4 rings (SSSR count). The molecule has 1 fully saturated rings. The Balaban J connectivity index is 1.42. The summed E-state index contributed by atoms with van der Waals surface area (Å²) in [6.07, 6.45) is 7.78. The lowest BCUT2D eigenvalue weighted by Gasteiger charge is -2.33. The molecule has 6 heteroatoms. The minimum absolute atomic E-state index is 0.193. The molecule has 5 nitrogen and oxygen atoms in total. The molecule has 1 atom stereocenters. The third-order valence-corrected chi connectivity index (χ3v) is 6.21. The Kier molecular flexibility index (Phi) is 6.98. The van der Waals surface area contributed by atoms with Crippen LogP contribution in [0.5, 0.6) is 0 Å². The quantitative estimate of drug-likeness (QED) is 0.543. The SMILES string of the molecule is CCc1nccn1CCC(=O)N1CCC[C@@H](c2cc(Cc3cccc(F)c3)cc(C)n2)C1. The van der Waals surface area contributed by atoms with Gasteiger partial charge in [-0.05, 0) is 61.6 Å². The highest BCUT2D eigenvalue weighted by Gasteiger charge is 2.26. The van der Waals surface area contributed by atoms with E-state index in [1.807, 2.05) is 24.1 Å². The van der Waals surface area contributed by atoms with Crippen molar-refractivity contribution in [1.82, 2.24) is 19.4 Å². The van der Waals surface area contributed by atoms with Gasteiger partial charge < -0.3 is 9.47 Å². The van der Waals surface area contributed by atoms with Gasteiger partial charge in [0, 0.05) is 62.2 Å². The highest BCUT2D eigenvalue weighted by atomic mass is 19.1. The number of carbonyl (C=O) groups is 1. The van der Waals surface area contributed by atoms with Gasteiger partial charge in [-0.2, -0.15) is 0 Å². The number of imidazole rings is 1. The van der Waals surface area contributed by atoms with Gasteiger partial charge in [-0.1, -0.05) is 19.1 Å². The van der Waals surface area contributed by atoms with Gasteiger partial charge in [-0.3, -0.25) is 9.78 Å². The highest BCUT2D eigenvalue weighted by molar-refractivity contribution is 5.76. The molecule has 2 aromatic heterocycles. The minimum atomic E-state index is -0.211. The Bertz CT molecular complexity index is 1080. The molecular formula is C26H31FN4O. The maximum Gasteiger partial charge on any atom is 0.224 e. The zero-order valence-electron chi connectivity index (χ0n) is 18.9. The average Bonchev–Trinajstić information content (AvgIpc) is 3.25. The van der Waals surface area contributed by atoms with Gasteiger partial charge >= 0.3 is 0 Å². The molecule has 0 saturated carbocycles. The standard InChI is InChI=1S/C26H31FN4O/c1-3-25-28-10-13-30(25)12-9-26(32)31-11-5-7-22(18-31)24-17-21(14-19(2)29-24)15-20-6-4-8-23(27)16-20/h4,6,8,10,13-14,16-17,22H,3,5,7,9,11-12,15,18H2,1-2H3/t22-/m1/s1. The molecule has 3 aromatic rings. The zero-order valence-corrected chi connectivity index (χ0v) is 18.9. The first-order chi connectivity index (χ1) is 15.5. The summed E-state index contributed by atoms with van der Waals surface area (Å²) in [6.45, 7) is 6.26. The van der Waals surface area contributed by atoms with Crippen LogP contribution in [-0.2, 0) is 24.2 Å². The molecule has 1 aromatic carbocycles.